The van der Waals surface area contributed by atoms with Crippen LogP contribution < -0.4 is 5.32 Å². The van der Waals surface area contributed by atoms with Gasteiger partial charge in [0, 0.05) is 19.6 Å². The van der Waals surface area contributed by atoms with Gasteiger partial charge >= 0.3 is 0 Å². The molecule has 1 aromatic carbocycles. The van der Waals surface area contributed by atoms with Gasteiger partial charge in [0.05, 0.1) is 5.41 Å². The van der Waals surface area contributed by atoms with Crippen molar-refractivity contribution in [3.63, 3.8) is 0 Å². The van der Waals surface area contributed by atoms with Crippen LogP contribution >= 0.6 is 0 Å². The minimum atomic E-state index is -0.196. The van der Waals surface area contributed by atoms with Gasteiger partial charge in [-0.1, -0.05) is 36.4 Å². The Bertz CT molecular complexity index is 515. The highest BCUT2D eigenvalue weighted by Gasteiger charge is 2.39. The van der Waals surface area contributed by atoms with Gasteiger partial charge in [0.15, 0.2) is 0 Å². The molecule has 1 amide bonds. The zero-order chi connectivity index (χ0) is 14.0. The maximum atomic E-state index is 12.6. The van der Waals surface area contributed by atoms with Crippen molar-refractivity contribution in [2.45, 2.75) is 19.8 Å². The van der Waals surface area contributed by atoms with Crippen LogP contribution in [-0.4, -0.2) is 37.0 Å². The van der Waals surface area contributed by atoms with Crippen molar-refractivity contribution in [3.05, 3.63) is 42.0 Å². The lowest BCUT2D eigenvalue weighted by atomic mass is 9.87. The van der Waals surface area contributed by atoms with Crippen molar-refractivity contribution in [3.8, 4) is 0 Å². The van der Waals surface area contributed by atoms with Crippen LogP contribution in [0.25, 0.3) is 5.57 Å². The van der Waals surface area contributed by atoms with Crippen LogP contribution in [0.3, 0.4) is 0 Å². The molecular formula is C17H22N2O. The molecule has 2 aliphatic heterocycles. The number of carbonyl (C=O) groups is 1. The summed E-state index contributed by atoms with van der Waals surface area (Å²) in [6.45, 7) is 5.46. The van der Waals surface area contributed by atoms with Crippen LogP contribution in [0.1, 0.15) is 25.3 Å². The van der Waals surface area contributed by atoms with Crippen molar-refractivity contribution < 1.29 is 4.79 Å². The van der Waals surface area contributed by atoms with Crippen molar-refractivity contribution in [1.82, 2.24) is 10.2 Å². The van der Waals surface area contributed by atoms with Crippen LogP contribution in [-0.2, 0) is 4.79 Å². The molecule has 1 atom stereocenters. The molecule has 1 aromatic rings. The Morgan fingerprint density at radius 3 is 2.70 bits per heavy atom. The molecular weight excluding hydrogens is 248 g/mol. The number of hydrogen-bond acceptors (Lipinski definition) is 2. The molecule has 1 unspecified atom stereocenters. The van der Waals surface area contributed by atoms with E-state index in [1.54, 1.807) is 0 Å². The molecule has 20 heavy (non-hydrogen) atoms. The first-order chi connectivity index (χ1) is 9.69. The Kier molecular flexibility index (Phi) is 3.62. The quantitative estimate of drug-likeness (QED) is 0.894. The first-order valence-corrected chi connectivity index (χ1v) is 7.44. The van der Waals surface area contributed by atoms with Gasteiger partial charge in [-0.15, -0.1) is 0 Å². The third-order valence-corrected chi connectivity index (χ3v) is 4.53. The maximum Gasteiger partial charge on any atom is 0.230 e. The van der Waals surface area contributed by atoms with Crippen molar-refractivity contribution >= 4 is 11.5 Å². The van der Waals surface area contributed by atoms with E-state index < -0.39 is 0 Å². The molecule has 1 fully saturated rings. The number of benzene rings is 1. The van der Waals surface area contributed by atoms with E-state index in [1.807, 2.05) is 11.0 Å². The molecule has 0 aromatic heterocycles. The Labute approximate surface area is 120 Å². The summed E-state index contributed by atoms with van der Waals surface area (Å²) >= 11 is 0. The normalized spacial score (nSPS) is 26.4. The minimum absolute atomic E-state index is 0.196. The molecule has 3 heteroatoms. The summed E-state index contributed by atoms with van der Waals surface area (Å²) in [4.78, 5) is 14.6. The summed E-state index contributed by atoms with van der Waals surface area (Å²) in [6, 6.07) is 10.5. The van der Waals surface area contributed by atoms with Gasteiger partial charge in [-0.3, -0.25) is 4.79 Å². The third kappa shape index (κ3) is 2.50. The highest BCUT2D eigenvalue weighted by atomic mass is 16.2. The summed E-state index contributed by atoms with van der Waals surface area (Å²) in [5, 5.41) is 3.30. The SMILES string of the molecule is CC1(C(=O)N2CC=C(c3ccccc3)CC2)CCNC1. The van der Waals surface area contributed by atoms with Crippen molar-refractivity contribution in [2.24, 2.45) is 5.41 Å². The van der Waals surface area contributed by atoms with E-state index in [1.165, 1.54) is 11.1 Å². The van der Waals surface area contributed by atoms with Gasteiger partial charge in [-0.25, -0.2) is 0 Å². The second-order valence-electron chi connectivity index (χ2n) is 6.08. The van der Waals surface area contributed by atoms with Gasteiger partial charge in [-0.05, 0) is 37.4 Å². The highest BCUT2D eigenvalue weighted by molar-refractivity contribution is 5.84. The molecule has 3 nitrogen and oxygen atoms in total. The zero-order valence-electron chi connectivity index (χ0n) is 12.1. The van der Waals surface area contributed by atoms with E-state index in [2.05, 4.69) is 42.6 Å². The van der Waals surface area contributed by atoms with Gasteiger partial charge in [-0.2, -0.15) is 0 Å². The molecule has 0 radical (unpaired) electrons. The maximum absolute atomic E-state index is 12.6. The van der Waals surface area contributed by atoms with Gasteiger partial charge in [0.25, 0.3) is 0 Å². The van der Waals surface area contributed by atoms with Crippen LogP contribution in [0, 0.1) is 5.41 Å². The molecule has 1 N–H and O–H groups in total. The van der Waals surface area contributed by atoms with E-state index in [0.29, 0.717) is 5.91 Å². The Morgan fingerprint density at radius 1 is 1.30 bits per heavy atom. The molecule has 1 saturated heterocycles. The van der Waals surface area contributed by atoms with Crippen LogP contribution in [0.4, 0.5) is 0 Å². The van der Waals surface area contributed by atoms with Crippen LogP contribution in [0.15, 0.2) is 36.4 Å². The number of amides is 1. The molecule has 3 rings (SSSR count). The summed E-state index contributed by atoms with van der Waals surface area (Å²) in [5.41, 5.74) is 2.45. The van der Waals surface area contributed by atoms with E-state index in [0.717, 1.165) is 39.0 Å². The minimum Gasteiger partial charge on any atom is -0.338 e. The molecule has 0 saturated carbocycles. The zero-order valence-corrected chi connectivity index (χ0v) is 12.1. The monoisotopic (exact) mass is 270 g/mol. The number of carbonyl (C=O) groups excluding carboxylic acids is 1. The first-order valence-electron chi connectivity index (χ1n) is 7.44. The highest BCUT2D eigenvalue weighted by Crippen LogP contribution is 2.30. The lowest BCUT2D eigenvalue weighted by Crippen LogP contribution is -2.45. The summed E-state index contributed by atoms with van der Waals surface area (Å²) in [7, 11) is 0. The second-order valence-corrected chi connectivity index (χ2v) is 6.08. The average molecular weight is 270 g/mol. The Hall–Kier alpha value is -1.61. The van der Waals surface area contributed by atoms with E-state index in [4.69, 9.17) is 0 Å². The Balaban J connectivity index is 1.69. The predicted octanol–water partition coefficient (Wildman–Crippen LogP) is 2.30. The summed E-state index contributed by atoms with van der Waals surface area (Å²) in [5.74, 6) is 0.311. The standard InChI is InChI=1S/C17H22N2O/c1-17(9-10-18-13-17)16(20)19-11-7-15(8-12-19)14-5-3-2-4-6-14/h2-7,18H,8-13H2,1H3. The molecule has 0 bridgehead atoms. The molecule has 0 aliphatic carbocycles. The van der Waals surface area contributed by atoms with E-state index in [-0.39, 0.29) is 5.41 Å². The lowest BCUT2D eigenvalue weighted by Gasteiger charge is -2.33. The number of nitrogens with zero attached hydrogens (tertiary/aromatic N) is 1. The Morgan fingerprint density at radius 2 is 2.10 bits per heavy atom. The van der Waals surface area contributed by atoms with Crippen molar-refractivity contribution in [2.75, 3.05) is 26.2 Å². The topological polar surface area (TPSA) is 32.3 Å². The summed E-state index contributed by atoms with van der Waals surface area (Å²) < 4.78 is 0. The largest absolute Gasteiger partial charge is 0.338 e. The average Bonchev–Trinajstić information content (AvgIpc) is 2.96. The van der Waals surface area contributed by atoms with Crippen LogP contribution in [0.5, 0.6) is 0 Å². The van der Waals surface area contributed by atoms with Crippen molar-refractivity contribution in [1.29, 1.82) is 0 Å². The van der Waals surface area contributed by atoms with Gasteiger partial charge in [0.2, 0.25) is 5.91 Å². The summed E-state index contributed by atoms with van der Waals surface area (Å²) in [6.07, 6.45) is 4.12. The third-order valence-electron chi connectivity index (χ3n) is 4.53. The number of hydrogen-bond donors (Lipinski definition) is 1. The van der Waals surface area contributed by atoms with E-state index in [9.17, 15) is 4.79 Å². The smallest absolute Gasteiger partial charge is 0.230 e. The fourth-order valence-corrected chi connectivity index (χ4v) is 3.15. The fourth-order valence-electron chi connectivity index (χ4n) is 3.15. The van der Waals surface area contributed by atoms with Crippen LogP contribution in [0.2, 0.25) is 0 Å². The molecule has 0 spiro atoms. The van der Waals surface area contributed by atoms with Gasteiger partial charge < -0.3 is 10.2 Å². The fraction of sp³-hybridized carbons (Fsp3) is 0.471. The second kappa shape index (κ2) is 5.41. The molecule has 2 heterocycles. The van der Waals surface area contributed by atoms with E-state index >= 15 is 0 Å². The lowest BCUT2D eigenvalue weighted by molar-refractivity contribution is -0.139. The predicted molar refractivity (Wildman–Crippen MR) is 81.2 cm³/mol. The molecule has 2 aliphatic rings. The number of nitrogens with one attached hydrogen (secondary N) is 1. The van der Waals surface area contributed by atoms with Gasteiger partial charge in [0.1, 0.15) is 0 Å². The number of rotatable bonds is 2. The molecule has 106 valence electrons. The first kappa shape index (κ1) is 13.4.